The summed E-state index contributed by atoms with van der Waals surface area (Å²) in [7, 11) is 0. The number of rotatable bonds is 2. The van der Waals surface area contributed by atoms with Crippen LogP contribution in [0.25, 0.3) is 0 Å². The molecule has 2 heterocycles. The Bertz CT molecular complexity index is 542. The molecule has 6 heteroatoms. The Hall–Kier alpha value is -1.85. The van der Waals surface area contributed by atoms with Crippen molar-refractivity contribution in [3.05, 3.63) is 17.5 Å². The van der Waals surface area contributed by atoms with Gasteiger partial charge in [0.15, 0.2) is 5.69 Å². The zero-order chi connectivity index (χ0) is 15.1. The van der Waals surface area contributed by atoms with Crippen molar-refractivity contribution in [3.63, 3.8) is 0 Å². The summed E-state index contributed by atoms with van der Waals surface area (Å²) >= 11 is 0. The van der Waals surface area contributed by atoms with Crippen LogP contribution in [-0.4, -0.2) is 44.8 Å². The van der Waals surface area contributed by atoms with Crippen molar-refractivity contribution < 1.29 is 14.7 Å². The minimum Gasteiger partial charge on any atom is -0.481 e. The van der Waals surface area contributed by atoms with Gasteiger partial charge in [0.25, 0.3) is 5.91 Å². The van der Waals surface area contributed by atoms with Crippen LogP contribution >= 0.6 is 0 Å². The molecule has 1 amide bonds. The number of hydrogen-bond acceptors (Lipinski definition) is 3. The van der Waals surface area contributed by atoms with Gasteiger partial charge in [0.05, 0.1) is 11.5 Å². The van der Waals surface area contributed by atoms with Crippen LogP contribution in [0.1, 0.15) is 43.4 Å². The number of nitrogens with zero attached hydrogens (tertiary/aromatic N) is 3. The summed E-state index contributed by atoms with van der Waals surface area (Å²) in [5.41, 5.74) is 1.13. The Morgan fingerprint density at radius 1 is 1.40 bits per heavy atom. The fourth-order valence-electron chi connectivity index (χ4n) is 2.57. The number of aliphatic carboxylic acids is 1. The van der Waals surface area contributed by atoms with E-state index in [1.165, 1.54) is 0 Å². The normalized spacial score (nSPS) is 19.4. The quantitative estimate of drug-likeness (QED) is 0.890. The zero-order valence-corrected chi connectivity index (χ0v) is 12.4. The number of aryl methyl sites for hydroxylation is 1. The van der Waals surface area contributed by atoms with Gasteiger partial charge >= 0.3 is 5.97 Å². The summed E-state index contributed by atoms with van der Waals surface area (Å²) < 4.78 is 1.82. The second kappa shape index (κ2) is 4.92. The molecule has 1 unspecified atom stereocenters. The standard InChI is InChI=1S/C14H21N3O3/c1-9-7-11(15-17(9)14(2,3)4)12(18)16-6-5-10(8-16)13(19)20/h7,10H,5-6,8H2,1-4H3,(H,19,20). The van der Waals surface area contributed by atoms with Gasteiger partial charge in [-0.25, -0.2) is 0 Å². The van der Waals surface area contributed by atoms with Crippen molar-refractivity contribution in [1.29, 1.82) is 0 Å². The largest absolute Gasteiger partial charge is 0.481 e. The number of amides is 1. The topological polar surface area (TPSA) is 75.4 Å². The highest BCUT2D eigenvalue weighted by molar-refractivity contribution is 5.93. The lowest BCUT2D eigenvalue weighted by molar-refractivity contribution is -0.141. The summed E-state index contributed by atoms with van der Waals surface area (Å²) in [4.78, 5) is 24.9. The minimum absolute atomic E-state index is 0.181. The predicted octanol–water partition coefficient (Wildman–Crippen LogP) is 1.49. The Morgan fingerprint density at radius 3 is 2.50 bits per heavy atom. The van der Waals surface area contributed by atoms with Gasteiger partial charge in [0.2, 0.25) is 0 Å². The first-order chi connectivity index (χ1) is 9.20. The zero-order valence-electron chi connectivity index (χ0n) is 12.4. The number of hydrogen-bond donors (Lipinski definition) is 1. The number of carbonyl (C=O) groups excluding carboxylic acids is 1. The summed E-state index contributed by atoms with van der Waals surface area (Å²) in [6.07, 6.45) is 0.514. The third kappa shape index (κ3) is 2.69. The second-order valence-electron chi connectivity index (χ2n) is 6.33. The van der Waals surface area contributed by atoms with Crippen LogP contribution in [0.15, 0.2) is 6.07 Å². The van der Waals surface area contributed by atoms with E-state index in [1.54, 1.807) is 11.0 Å². The van der Waals surface area contributed by atoms with Gasteiger partial charge in [-0.15, -0.1) is 0 Å². The summed E-state index contributed by atoms with van der Waals surface area (Å²) in [6, 6.07) is 1.77. The molecule has 1 aliphatic rings. The lowest BCUT2D eigenvalue weighted by Crippen LogP contribution is -2.31. The van der Waals surface area contributed by atoms with E-state index in [4.69, 9.17) is 5.11 Å². The van der Waals surface area contributed by atoms with Gasteiger partial charge in [-0.2, -0.15) is 5.10 Å². The van der Waals surface area contributed by atoms with Crippen LogP contribution < -0.4 is 0 Å². The Balaban J connectivity index is 2.17. The number of carboxylic acid groups (broad SMARTS) is 1. The molecule has 0 spiro atoms. The first-order valence-electron chi connectivity index (χ1n) is 6.79. The monoisotopic (exact) mass is 279 g/mol. The number of carboxylic acids is 1. The molecule has 0 bridgehead atoms. The van der Waals surface area contributed by atoms with Crippen LogP contribution in [0.3, 0.4) is 0 Å². The maximum absolute atomic E-state index is 12.4. The van der Waals surface area contributed by atoms with Crippen LogP contribution in [-0.2, 0) is 10.3 Å². The maximum atomic E-state index is 12.4. The van der Waals surface area contributed by atoms with Crippen molar-refractivity contribution >= 4 is 11.9 Å². The Morgan fingerprint density at radius 2 is 2.05 bits per heavy atom. The van der Waals surface area contributed by atoms with E-state index in [1.807, 2.05) is 32.4 Å². The van der Waals surface area contributed by atoms with Gasteiger partial charge in [-0.3, -0.25) is 14.3 Å². The summed E-state index contributed by atoms with van der Waals surface area (Å²) in [6.45, 7) is 8.75. The van der Waals surface area contributed by atoms with Gasteiger partial charge < -0.3 is 10.0 Å². The van der Waals surface area contributed by atoms with Crippen LogP contribution in [0.2, 0.25) is 0 Å². The van der Waals surface area contributed by atoms with Crippen molar-refractivity contribution in [1.82, 2.24) is 14.7 Å². The molecule has 1 N–H and O–H groups in total. The lowest BCUT2D eigenvalue weighted by Gasteiger charge is -2.21. The first kappa shape index (κ1) is 14.6. The third-order valence-corrected chi connectivity index (χ3v) is 3.57. The Labute approximate surface area is 118 Å². The van der Waals surface area contributed by atoms with Crippen molar-refractivity contribution in [2.45, 2.75) is 39.7 Å². The van der Waals surface area contributed by atoms with E-state index in [0.717, 1.165) is 5.69 Å². The highest BCUT2D eigenvalue weighted by Crippen LogP contribution is 2.21. The van der Waals surface area contributed by atoms with Gasteiger partial charge in [0, 0.05) is 18.8 Å². The number of carbonyl (C=O) groups is 2. The van der Waals surface area contributed by atoms with Crippen LogP contribution in [0.4, 0.5) is 0 Å². The van der Waals surface area contributed by atoms with Gasteiger partial charge in [-0.1, -0.05) is 0 Å². The average Bonchev–Trinajstić information content (AvgIpc) is 2.93. The van der Waals surface area contributed by atoms with Crippen molar-refractivity contribution in [2.24, 2.45) is 5.92 Å². The lowest BCUT2D eigenvalue weighted by atomic mass is 10.1. The SMILES string of the molecule is Cc1cc(C(=O)N2CCC(C(=O)O)C2)nn1C(C)(C)C. The highest BCUT2D eigenvalue weighted by atomic mass is 16.4. The molecule has 1 aromatic heterocycles. The second-order valence-corrected chi connectivity index (χ2v) is 6.33. The fourth-order valence-corrected chi connectivity index (χ4v) is 2.57. The maximum Gasteiger partial charge on any atom is 0.308 e. The predicted molar refractivity (Wildman–Crippen MR) is 73.6 cm³/mol. The number of likely N-dealkylation sites (tertiary alicyclic amines) is 1. The molecular formula is C14H21N3O3. The average molecular weight is 279 g/mol. The molecule has 1 fully saturated rings. The molecule has 0 saturated carbocycles. The van der Waals surface area contributed by atoms with Gasteiger partial charge in [-0.05, 0) is 40.2 Å². The van der Waals surface area contributed by atoms with Crippen LogP contribution in [0.5, 0.6) is 0 Å². The molecule has 1 aromatic rings. The van der Waals surface area contributed by atoms with Crippen molar-refractivity contribution in [3.8, 4) is 0 Å². The van der Waals surface area contributed by atoms with E-state index in [9.17, 15) is 9.59 Å². The smallest absolute Gasteiger partial charge is 0.308 e. The minimum atomic E-state index is -0.836. The molecule has 0 aliphatic carbocycles. The highest BCUT2D eigenvalue weighted by Gasteiger charge is 2.32. The molecule has 20 heavy (non-hydrogen) atoms. The summed E-state index contributed by atoms with van der Waals surface area (Å²) in [5, 5.41) is 13.4. The van der Waals surface area contributed by atoms with E-state index >= 15 is 0 Å². The molecular weight excluding hydrogens is 258 g/mol. The number of aromatic nitrogens is 2. The van der Waals surface area contributed by atoms with E-state index in [-0.39, 0.29) is 18.0 Å². The molecule has 6 nitrogen and oxygen atoms in total. The fraction of sp³-hybridized carbons (Fsp3) is 0.643. The molecule has 2 rings (SSSR count). The molecule has 1 aliphatic heterocycles. The van der Waals surface area contributed by atoms with E-state index in [0.29, 0.717) is 18.7 Å². The molecule has 1 saturated heterocycles. The Kier molecular flexibility index (Phi) is 3.58. The third-order valence-electron chi connectivity index (χ3n) is 3.57. The van der Waals surface area contributed by atoms with Crippen molar-refractivity contribution in [2.75, 3.05) is 13.1 Å². The molecule has 0 aromatic carbocycles. The molecule has 110 valence electrons. The molecule has 0 radical (unpaired) electrons. The molecule has 1 atom stereocenters. The summed E-state index contributed by atoms with van der Waals surface area (Å²) in [5.74, 6) is -1.47. The van der Waals surface area contributed by atoms with E-state index in [2.05, 4.69) is 5.10 Å². The van der Waals surface area contributed by atoms with Crippen LogP contribution in [0, 0.1) is 12.8 Å². The van der Waals surface area contributed by atoms with E-state index < -0.39 is 11.9 Å². The van der Waals surface area contributed by atoms with Gasteiger partial charge in [0.1, 0.15) is 0 Å². The first-order valence-corrected chi connectivity index (χ1v) is 6.79.